The summed E-state index contributed by atoms with van der Waals surface area (Å²) in [6.07, 6.45) is -2.05. The lowest BCUT2D eigenvalue weighted by atomic mass is 9.73. The maximum atomic E-state index is 12.2. The smallest absolute Gasteiger partial charge is 0.305 e. The van der Waals surface area contributed by atoms with Crippen LogP contribution in [0.15, 0.2) is 0 Å². The van der Waals surface area contributed by atoms with Crippen LogP contribution < -0.4 is 0 Å². The molecule has 5 heteroatoms. The number of piperidine rings is 1. The Morgan fingerprint density at radius 1 is 1.20 bits per heavy atom. The number of rotatable bonds is 1. The fourth-order valence-corrected chi connectivity index (χ4v) is 3.06. The summed E-state index contributed by atoms with van der Waals surface area (Å²) in [6.45, 7) is 2.41. The van der Waals surface area contributed by atoms with E-state index in [1.165, 1.54) is 0 Å². The van der Waals surface area contributed by atoms with Gasteiger partial charge in [0.15, 0.2) is 0 Å². The molecule has 2 nitrogen and oxygen atoms in total. The third kappa shape index (κ3) is 2.64. The Morgan fingerprint density at radius 3 is 2.40 bits per heavy atom. The number of nitrogens with zero attached hydrogens (tertiary/aromatic N) is 2. The number of alkyl halides is 3. The summed E-state index contributed by atoms with van der Waals surface area (Å²) >= 11 is 0. The molecule has 0 aromatic heterocycles. The topological polar surface area (TPSA) is 6.48 Å². The van der Waals surface area contributed by atoms with Gasteiger partial charge >= 0.3 is 6.18 Å². The van der Waals surface area contributed by atoms with E-state index in [9.17, 15) is 13.2 Å². The van der Waals surface area contributed by atoms with Crippen LogP contribution in [0.5, 0.6) is 0 Å². The van der Waals surface area contributed by atoms with Crippen LogP contribution in [-0.4, -0.2) is 55.7 Å². The number of halogens is 3. The quantitative estimate of drug-likeness (QED) is 0.664. The summed E-state index contributed by atoms with van der Waals surface area (Å²) in [5.74, 6) is 0. The van der Waals surface area contributed by atoms with E-state index < -0.39 is 12.7 Å². The van der Waals surface area contributed by atoms with Crippen LogP contribution in [0, 0.1) is 5.41 Å². The largest absolute Gasteiger partial charge is 0.401 e. The van der Waals surface area contributed by atoms with Crippen molar-refractivity contribution < 1.29 is 13.2 Å². The van der Waals surface area contributed by atoms with E-state index >= 15 is 0 Å². The Kier molecular flexibility index (Phi) is 2.71. The SMILES string of the molecule is CN1CC2(CCCN(CC(F)(F)F)C2)C1. The Labute approximate surface area is 88.0 Å². The molecule has 15 heavy (non-hydrogen) atoms. The van der Waals surface area contributed by atoms with E-state index in [1.807, 2.05) is 7.05 Å². The Hall–Kier alpha value is -0.290. The molecule has 2 aliphatic heterocycles. The predicted molar refractivity (Wildman–Crippen MR) is 51.7 cm³/mol. The number of hydrogen-bond donors (Lipinski definition) is 0. The van der Waals surface area contributed by atoms with Crippen LogP contribution in [0.4, 0.5) is 13.2 Å². The van der Waals surface area contributed by atoms with Crippen molar-refractivity contribution in [1.29, 1.82) is 0 Å². The molecule has 2 heterocycles. The fraction of sp³-hybridized carbons (Fsp3) is 1.00. The first-order valence-electron chi connectivity index (χ1n) is 5.36. The molecule has 0 aromatic rings. The second-order valence-corrected chi connectivity index (χ2v) is 5.10. The summed E-state index contributed by atoms with van der Waals surface area (Å²) in [6, 6.07) is 0. The third-order valence-corrected chi connectivity index (χ3v) is 3.35. The van der Waals surface area contributed by atoms with Crippen molar-refractivity contribution in [1.82, 2.24) is 9.80 Å². The monoisotopic (exact) mass is 222 g/mol. The molecule has 0 bridgehead atoms. The second kappa shape index (κ2) is 3.63. The van der Waals surface area contributed by atoms with Crippen molar-refractivity contribution in [3.8, 4) is 0 Å². The van der Waals surface area contributed by atoms with E-state index in [0.717, 1.165) is 25.9 Å². The minimum Gasteiger partial charge on any atom is -0.305 e. The lowest BCUT2D eigenvalue weighted by Crippen LogP contribution is -2.62. The van der Waals surface area contributed by atoms with Crippen molar-refractivity contribution in [2.24, 2.45) is 5.41 Å². The Balaban J connectivity index is 1.88. The lowest BCUT2D eigenvalue weighted by Gasteiger charge is -2.53. The summed E-state index contributed by atoms with van der Waals surface area (Å²) < 4.78 is 36.7. The first-order valence-corrected chi connectivity index (χ1v) is 5.36. The molecule has 2 rings (SSSR count). The lowest BCUT2D eigenvalue weighted by molar-refractivity contribution is -0.159. The molecule has 0 unspecified atom stereocenters. The van der Waals surface area contributed by atoms with Gasteiger partial charge in [-0.15, -0.1) is 0 Å². The van der Waals surface area contributed by atoms with Crippen molar-refractivity contribution in [3.63, 3.8) is 0 Å². The maximum absolute atomic E-state index is 12.2. The van der Waals surface area contributed by atoms with E-state index in [4.69, 9.17) is 0 Å². The van der Waals surface area contributed by atoms with Gasteiger partial charge < -0.3 is 4.90 Å². The van der Waals surface area contributed by atoms with Gasteiger partial charge in [-0.25, -0.2) is 0 Å². The van der Waals surface area contributed by atoms with Gasteiger partial charge in [0.2, 0.25) is 0 Å². The molecule has 0 aliphatic carbocycles. The van der Waals surface area contributed by atoms with Gasteiger partial charge in [-0.2, -0.15) is 13.2 Å². The molecule has 1 spiro atoms. The van der Waals surface area contributed by atoms with E-state index in [-0.39, 0.29) is 5.41 Å². The van der Waals surface area contributed by atoms with Crippen molar-refractivity contribution in [2.45, 2.75) is 19.0 Å². The van der Waals surface area contributed by atoms with Crippen LogP contribution in [0.25, 0.3) is 0 Å². The molecule has 0 aromatic carbocycles. The summed E-state index contributed by atoms with van der Waals surface area (Å²) in [4.78, 5) is 3.74. The van der Waals surface area contributed by atoms with Gasteiger partial charge in [-0.3, -0.25) is 4.90 Å². The van der Waals surface area contributed by atoms with Crippen LogP contribution in [0.3, 0.4) is 0 Å². The average molecular weight is 222 g/mol. The highest BCUT2D eigenvalue weighted by Gasteiger charge is 2.45. The molecule has 0 atom stereocenters. The zero-order valence-electron chi connectivity index (χ0n) is 8.98. The second-order valence-electron chi connectivity index (χ2n) is 5.10. The molecule has 2 aliphatic rings. The molecule has 0 amide bonds. The standard InChI is InChI=1S/C10H17F3N2/c1-14-5-9(6-14)3-2-4-15(7-9)8-10(11,12)13/h2-8H2,1H3. The van der Waals surface area contributed by atoms with Gasteiger partial charge in [0, 0.05) is 25.0 Å². The summed E-state index contributed by atoms with van der Waals surface area (Å²) in [5.41, 5.74) is 0.165. The highest BCUT2D eigenvalue weighted by molar-refractivity contribution is 4.98. The van der Waals surface area contributed by atoms with E-state index in [1.54, 1.807) is 4.90 Å². The third-order valence-electron chi connectivity index (χ3n) is 3.35. The van der Waals surface area contributed by atoms with Crippen LogP contribution in [0.2, 0.25) is 0 Å². The number of likely N-dealkylation sites (tertiary alicyclic amines) is 2. The molecular formula is C10H17F3N2. The zero-order chi connectivity index (χ0) is 11.1. The van der Waals surface area contributed by atoms with Crippen LogP contribution in [-0.2, 0) is 0 Å². The maximum Gasteiger partial charge on any atom is 0.401 e. The molecule has 0 radical (unpaired) electrons. The van der Waals surface area contributed by atoms with Gasteiger partial charge in [0.1, 0.15) is 0 Å². The van der Waals surface area contributed by atoms with Crippen molar-refractivity contribution in [2.75, 3.05) is 39.8 Å². The zero-order valence-corrected chi connectivity index (χ0v) is 8.98. The highest BCUT2D eigenvalue weighted by Crippen LogP contribution is 2.38. The van der Waals surface area contributed by atoms with Crippen LogP contribution >= 0.6 is 0 Å². The first kappa shape index (κ1) is 11.2. The summed E-state index contributed by atoms with van der Waals surface area (Å²) in [7, 11) is 2.02. The minimum atomic E-state index is -4.05. The minimum absolute atomic E-state index is 0.165. The fourth-order valence-electron chi connectivity index (χ4n) is 3.06. The highest BCUT2D eigenvalue weighted by atomic mass is 19.4. The van der Waals surface area contributed by atoms with Gasteiger partial charge in [-0.1, -0.05) is 0 Å². The average Bonchev–Trinajstić information content (AvgIpc) is 1.98. The molecule has 2 fully saturated rings. The molecule has 88 valence electrons. The van der Waals surface area contributed by atoms with Crippen LogP contribution in [0.1, 0.15) is 12.8 Å². The van der Waals surface area contributed by atoms with Gasteiger partial charge in [-0.05, 0) is 26.4 Å². The van der Waals surface area contributed by atoms with Crippen molar-refractivity contribution >= 4 is 0 Å². The number of hydrogen-bond acceptors (Lipinski definition) is 2. The van der Waals surface area contributed by atoms with E-state index in [2.05, 4.69) is 4.90 Å². The van der Waals surface area contributed by atoms with Gasteiger partial charge in [0.05, 0.1) is 6.54 Å². The predicted octanol–water partition coefficient (Wildman–Crippen LogP) is 1.58. The summed E-state index contributed by atoms with van der Waals surface area (Å²) in [5, 5.41) is 0. The molecule has 0 N–H and O–H groups in total. The normalized spacial score (nSPS) is 28.0. The Morgan fingerprint density at radius 2 is 1.87 bits per heavy atom. The molecular weight excluding hydrogens is 205 g/mol. The van der Waals surface area contributed by atoms with Crippen molar-refractivity contribution in [3.05, 3.63) is 0 Å². The van der Waals surface area contributed by atoms with Gasteiger partial charge in [0.25, 0.3) is 0 Å². The Bertz CT molecular complexity index is 228. The molecule has 2 saturated heterocycles. The van der Waals surface area contributed by atoms with E-state index in [0.29, 0.717) is 13.1 Å². The first-order chi connectivity index (χ1) is 6.89. The molecule has 0 saturated carbocycles.